The highest BCUT2D eigenvalue weighted by Crippen LogP contribution is 2.25. The summed E-state index contributed by atoms with van der Waals surface area (Å²) < 4.78 is 29.2. The fourth-order valence-electron chi connectivity index (χ4n) is 1.94. The van der Waals surface area contributed by atoms with E-state index >= 15 is 0 Å². The number of carbonyl (C=O) groups excluding carboxylic acids is 1. The largest absolute Gasteiger partial charge is 0.394 e. The number of rotatable bonds is 2. The molecule has 2 amide bonds. The molecule has 2 aliphatic rings. The smallest absolute Gasteiger partial charge is 0.333 e. The van der Waals surface area contributed by atoms with E-state index in [1.165, 1.54) is 0 Å². The zero-order valence-corrected chi connectivity index (χ0v) is 10.1. The molecule has 0 unspecified atom stereocenters. The minimum absolute atomic E-state index is 0.152. The quantitative estimate of drug-likeness (QED) is 0.418. The SMILES string of the molecule is O=C1NS(=O)(=O)CCN1[C@@H]1O[C@H](CO)[C@@H](O)[C@@H]1O. The lowest BCUT2D eigenvalue weighted by Crippen LogP contribution is -2.58. The molecule has 18 heavy (non-hydrogen) atoms. The van der Waals surface area contributed by atoms with Crippen molar-refractivity contribution < 1.29 is 33.3 Å². The lowest BCUT2D eigenvalue weighted by atomic mass is 10.1. The summed E-state index contributed by atoms with van der Waals surface area (Å²) in [5, 5.41) is 28.1. The van der Waals surface area contributed by atoms with Gasteiger partial charge in [-0.05, 0) is 0 Å². The Kier molecular flexibility index (Phi) is 3.47. The number of nitrogens with one attached hydrogen (secondary N) is 1. The summed E-state index contributed by atoms with van der Waals surface area (Å²) in [4.78, 5) is 12.5. The maximum atomic E-state index is 11.5. The Bertz CT molecular complexity index is 439. The molecule has 2 heterocycles. The molecule has 4 N–H and O–H groups in total. The first-order valence-electron chi connectivity index (χ1n) is 5.29. The van der Waals surface area contributed by atoms with Gasteiger partial charge in [0.15, 0.2) is 6.23 Å². The first-order chi connectivity index (χ1) is 8.35. The van der Waals surface area contributed by atoms with Crippen molar-refractivity contribution in [2.45, 2.75) is 24.5 Å². The molecule has 0 bridgehead atoms. The first-order valence-corrected chi connectivity index (χ1v) is 6.94. The van der Waals surface area contributed by atoms with Crippen LogP contribution in [0.3, 0.4) is 0 Å². The van der Waals surface area contributed by atoms with Gasteiger partial charge in [-0.2, -0.15) is 0 Å². The summed E-state index contributed by atoms with van der Waals surface area (Å²) in [6, 6.07) is -0.920. The lowest BCUT2D eigenvalue weighted by molar-refractivity contribution is -0.0776. The second-order valence-electron chi connectivity index (χ2n) is 4.15. The van der Waals surface area contributed by atoms with Crippen molar-refractivity contribution in [1.82, 2.24) is 9.62 Å². The molecule has 2 aliphatic heterocycles. The Labute approximate surface area is 103 Å². The monoisotopic (exact) mass is 282 g/mol. The van der Waals surface area contributed by atoms with Crippen LogP contribution in [-0.4, -0.2) is 78.1 Å². The number of urea groups is 1. The van der Waals surface area contributed by atoms with Crippen LogP contribution < -0.4 is 4.72 Å². The van der Waals surface area contributed by atoms with Crippen LogP contribution in [0.15, 0.2) is 0 Å². The van der Waals surface area contributed by atoms with E-state index in [4.69, 9.17) is 9.84 Å². The minimum atomic E-state index is -3.63. The van der Waals surface area contributed by atoms with Crippen LogP contribution in [0.1, 0.15) is 0 Å². The molecule has 0 aromatic rings. The van der Waals surface area contributed by atoms with Gasteiger partial charge in [0.25, 0.3) is 0 Å². The number of carbonyl (C=O) groups is 1. The van der Waals surface area contributed by atoms with Crippen molar-refractivity contribution >= 4 is 16.1 Å². The maximum Gasteiger partial charge on any atom is 0.333 e. The highest BCUT2D eigenvalue weighted by atomic mass is 32.2. The first kappa shape index (κ1) is 13.5. The number of hydrogen-bond acceptors (Lipinski definition) is 7. The van der Waals surface area contributed by atoms with Gasteiger partial charge < -0.3 is 20.1 Å². The summed E-state index contributed by atoms with van der Waals surface area (Å²) in [6.07, 6.45) is -4.90. The number of hydrogen-bond donors (Lipinski definition) is 4. The third-order valence-corrected chi connectivity index (χ3v) is 4.13. The fraction of sp³-hybridized carbons (Fsp3) is 0.875. The van der Waals surface area contributed by atoms with Gasteiger partial charge in [-0.3, -0.25) is 4.90 Å². The molecule has 0 aromatic heterocycles. The van der Waals surface area contributed by atoms with Crippen molar-refractivity contribution in [2.24, 2.45) is 0 Å². The highest BCUT2D eigenvalue weighted by Gasteiger charge is 2.48. The summed E-state index contributed by atoms with van der Waals surface area (Å²) in [6.45, 7) is -0.663. The Morgan fingerprint density at radius 3 is 2.56 bits per heavy atom. The summed E-state index contributed by atoms with van der Waals surface area (Å²) in [7, 11) is -3.63. The second-order valence-corrected chi connectivity index (χ2v) is 5.99. The maximum absolute atomic E-state index is 11.5. The highest BCUT2D eigenvalue weighted by molar-refractivity contribution is 7.90. The molecule has 10 heteroatoms. The molecule has 0 radical (unpaired) electrons. The number of aliphatic hydroxyl groups excluding tert-OH is 3. The van der Waals surface area contributed by atoms with Crippen LogP contribution in [-0.2, 0) is 14.8 Å². The number of amides is 2. The Hall–Kier alpha value is -0.940. The molecule has 0 aliphatic carbocycles. The Morgan fingerprint density at radius 1 is 1.39 bits per heavy atom. The van der Waals surface area contributed by atoms with Crippen LogP contribution in [0.5, 0.6) is 0 Å². The van der Waals surface area contributed by atoms with E-state index in [1.807, 2.05) is 0 Å². The van der Waals surface area contributed by atoms with E-state index in [2.05, 4.69) is 0 Å². The Morgan fingerprint density at radius 2 is 2.06 bits per heavy atom. The van der Waals surface area contributed by atoms with Crippen LogP contribution in [0, 0.1) is 0 Å². The van der Waals surface area contributed by atoms with Gasteiger partial charge in [0, 0.05) is 6.54 Å². The number of aliphatic hydroxyl groups is 3. The molecule has 2 saturated heterocycles. The van der Waals surface area contributed by atoms with Gasteiger partial charge in [-0.15, -0.1) is 0 Å². The molecular weight excluding hydrogens is 268 g/mol. The van der Waals surface area contributed by atoms with E-state index in [0.29, 0.717) is 0 Å². The predicted octanol–water partition coefficient (Wildman–Crippen LogP) is -3.22. The van der Waals surface area contributed by atoms with Gasteiger partial charge in [-0.1, -0.05) is 0 Å². The van der Waals surface area contributed by atoms with E-state index in [1.54, 1.807) is 4.72 Å². The van der Waals surface area contributed by atoms with Crippen LogP contribution in [0.25, 0.3) is 0 Å². The minimum Gasteiger partial charge on any atom is -0.394 e. The Balaban J connectivity index is 2.11. The van der Waals surface area contributed by atoms with Gasteiger partial charge in [0.1, 0.15) is 18.3 Å². The molecular formula is C8H14N2O7S. The number of ether oxygens (including phenoxy) is 1. The second kappa shape index (κ2) is 4.63. The summed E-state index contributed by atoms with van der Waals surface area (Å²) in [5.74, 6) is -0.314. The predicted molar refractivity (Wildman–Crippen MR) is 56.8 cm³/mol. The summed E-state index contributed by atoms with van der Waals surface area (Å²) >= 11 is 0. The normalized spacial score (nSPS) is 39.7. The molecule has 104 valence electrons. The van der Waals surface area contributed by atoms with Crippen molar-refractivity contribution in [3.8, 4) is 0 Å². The van der Waals surface area contributed by atoms with Gasteiger partial charge in [-0.25, -0.2) is 17.9 Å². The van der Waals surface area contributed by atoms with Gasteiger partial charge >= 0.3 is 6.03 Å². The van der Waals surface area contributed by atoms with Crippen molar-refractivity contribution in [2.75, 3.05) is 18.9 Å². The van der Waals surface area contributed by atoms with E-state index in [-0.39, 0.29) is 12.3 Å². The average Bonchev–Trinajstić information content (AvgIpc) is 2.55. The van der Waals surface area contributed by atoms with E-state index < -0.39 is 47.2 Å². The molecule has 2 fully saturated rings. The van der Waals surface area contributed by atoms with Crippen molar-refractivity contribution in [1.29, 1.82) is 0 Å². The number of sulfonamides is 1. The molecule has 2 rings (SSSR count). The summed E-state index contributed by atoms with van der Waals surface area (Å²) in [5.41, 5.74) is 0. The lowest BCUT2D eigenvalue weighted by Gasteiger charge is -2.33. The molecule has 0 aromatic carbocycles. The van der Waals surface area contributed by atoms with Gasteiger partial charge in [0.2, 0.25) is 10.0 Å². The standard InChI is InChI=1S/C8H14N2O7S/c11-3-4-5(12)6(13)7(17-4)10-1-2-18(15,16)9-8(10)14/h4-7,11-13H,1-3H2,(H,9,14)/t4-,5-,6+,7-/m1/s1. The van der Waals surface area contributed by atoms with Crippen molar-refractivity contribution in [3.05, 3.63) is 0 Å². The van der Waals surface area contributed by atoms with Crippen molar-refractivity contribution in [3.63, 3.8) is 0 Å². The van der Waals surface area contributed by atoms with E-state index in [0.717, 1.165) is 4.90 Å². The molecule has 0 spiro atoms. The zero-order valence-electron chi connectivity index (χ0n) is 9.26. The van der Waals surface area contributed by atoms with Gasteiger partial charge in [0.05, 0.1) is 12.4 Å². The van der Waals surface area contributed by atoms with Crippen LogP contribution in [0.4, 0.5) is 4.79 Å². The van der Waals surface area contributed by atoms with Crippen LogP contribution in [0.2, 0.25) is 0 Å². The zero-order chi connectivity index (χ0) is 13.5. The fourth-order valence-corrected chi connectivity index (χ4v) is 2.87. The average molecular weight is 282 g/mol. The molecule has 0 saturated carbocycles. The third-order valence-electron chi connectivity index (χ3n) is 2.93. The van der Waals surface area contributed by atoms with Crippen LogP contribution >= 0.6 is 0 Å². The third kappa shape index (κ3) is 2.29. The molecule has 4 atom stereocenters. The number of nitrogens with zero attached hydrogens (tertiary/aromatic N) is 1. The topological polar surface area (TPSA) is 136 Å². The van der Waals surface area contributed by atoms with E-state index in [9.17, 15) is 23.4 Å². The molecule has 9 nitrogen and oxygen atoms in total.